The highest BCUT2D eigenvalue weighted by Crippen LogP contribution is 2.39. The molecule has 1 aromatic rings. The molecule has 0 N–H and O–H groups in total. The van der Waals surface area contributed by atoms with E-state index in [1.165, 1.54) is 14.0 Å². The second-order valence-electron chi connectivity index (χ2n) is 4.79. The lowest BCUT2D eigenvalue weighted by molar-refractivity contribution is -0.141. The first-order valence-corrected chi connectivity index (χ1v) is 6.61. The molecule has 4 nitrogen and oxygen atoms in total. The van der Waals surface area contributed by atoms with Crippen LogP contribution in [-0.4, -0.2) is 31.1 Å². The van der Waals surface area contributed by atoms with Gasteiger partial charge in [-0.25, -0.2) is 0 Å². The van der Waals surface area contributed by atoms with Gasteiger partial charge in [-0.1, -0.05) is 30.3 Å². The van der Waals surface area contributed by atoms with Gasteiger partial charge in [0.05, 0.1) is 6.61 Å². The largest absolute Gasteiger partial charge is 0.466 e. The monoisotopic (exact) mass is 274 g/mol. The van der Waals surface area contributed by atoms with Crippen LogP contribution < -0.4 is 0 Å². The Kier molecular flexibility index (Phi) is 4.35. The third kappa shape index (κ3) is 2.80. The molecule has 0 aliphatic heterocycles. The number of hydrogen-bond donors (Lipinski definition) is 0. The summed E-state index contributed by atoms with van der Waals surface area (Å²) in [7, 11) is 1.53. The highest BCUT2D eigenvalue weighted by atomic mass is 16.5. The van der Waals surface area contributed by atoms with Gasteiger partial charge < -0.3 is 9.47 Å². The number of Topliss-reactive ketones (excluding diaryl/α,β-unsaturated/α-hetero) is 1. The van der Waals surface area contributed by atoms with Gasteiger partial charge >= 0.3 is 5.97 Å². The second kappa shape index (κ2) is 6.01. The van der Waals surface area contributed by atoms with Crippen molar-refractivity contribution in [1.29, 1.82) is 0 Å². The SMILES string of the molecule is COC1(CCCOC(C)=O)C=C(c2ccccc2)C1=O. The minimum Gasteiger partial charge on any atom is -0.466 e. The van der Waals surface area contributed by atoms with Crippen molar-refractivity contribution in [1.82, 2.24) is 0 Å². The zero-order valence-corrected chi connectivity index (χ0v) is 11.7. The molecule has 1 atom stereocenters. The smallest absolute Gasteiger partial charge is 0.302 e. The van der Waals surface area contributed by atoms with E-state index in [2.05, 4.69) is 0 Å². The minimum atomic E-state index is -0.856. The van der Waals surface area contributed by atoms with Crippen LogP contribution in [0.4, 0.5) is 0 Å². The van der Waals surface area contributed by atoms with Crippen LogP contribution in [0.2, 0.25) is 0 Å². The second-order valence-corrected chi connectivity index (χ2v) is 4.79. The van der Waals surface area contributed by atoms with Crippen LogP contribution in [0.25, 0.3) is 5.57 Å². The molecule has 4 heteroatoms. The van der Waals surface area contributed by atoms with E-state index in [1.54, 1.807) is 0 Å². The van der Waals surface area contributed by atoms with E-state index in [9.17, 15) is 9.59 Å². The molecule has 2 rings (SSSR count). The van der Waals surface area contributed by atoms with Gasteiger partial charge in [0.25, 0.3) is 0 Å². The van der Waals surface area contributed by atoms with Crippen LogP contribution in [0.5, 0.6) is 0 Å². The van der Waals surface area contributed by atoms with Gasteiger partial charge in [0.15, 0.2) is 5.78 Å². The number of benzene rings is 1. The summed E-state index contributed by atoms with van der Waals surface area (Å²) in [6.07, 6.45) is 2.97. The normalized spacial score (nSPS) is 21.1. The molecule has 0 spiro atoms. The zero-order chi connectivity index (χ0) is 14.6. The Labute approximate surface area is 118 Å². The summed E-state index contributed by atoms with van der Waals surface area (Å²) in [6, 6.07) is 9.52. The Morgan fingerprint density at radius 2 is 1.95 bits per heavy atom. The lowest BCUT2D eigenvalue weighted by atomic mass is 9.74. The van der Waals surface area contributed by atoms with Crippen molar-refractivity contribution < 1.29 is 19.1 Å². The van der Waals surface area contributed by atoms with E-state index in [0.717, 1.165) is 5.56 Å². The molecule has 1 aliphatic rings. The molecule has 0 radical (unpaired) electrons. The molecule has 0 heterocycles. The average molecular weight is 274 g/mol. The van der Waals surface area contributed by atoms with Gasteiger partial charge in [-0.3, -0.25) is 9.59 Å². The maximum Gasteiger partial charge on any atom is 0.302 e. The maximum absolute atomic E-state index is 12.3. The van der Waals surface area contributed by atoms with E-state index >= 15 is 0 Å². The topological polar surface area (TPSA) is 52.6 Å². The van der Waals surface area contributed by atoms with Crippen molar-refractivity contribution in [3.8, 4) is 0 Å². The molecule has 0 saturated heterocycles. The van der Waals surface area contributed by atoms with Crippen molar-refractivity contribution in [3.63, 3.8) is 0 Å². The number of esters is 1. The summed E-state index contributed by atoms with van der Waals surface area (Å²) >= 11 is 0. The molecule has 0 bridgehead atoms. The number of carbonyl (C=O) groups is 2. The molecule has 0 saturated carbocycles. The van der Waals surface area contributed by atoms with E-state index in [4.69, 9.17) is 9.47 Å². The fourth-order valence-corrected chi connectivity index (χ4v) is 2.34. The lowest BCUT2D eigenvalue weighted by Crippen LogP contribution is -2.47. The number of carbonyl (C=O) groups excluding carboxylic acids is 2. The molecule has 0 amide bonds. The zero-order valence-electron chi connectivity index (χ0n) is 11.7. The average Bonchev–Trinajstić information content (AvgIpc) is 2.46. The molecule has 0 fully saturated rings. The minimum absolute atomic E-state index is 0.00553. The summed E-state index contributed by atoms with van der Waals surface area (Å²) < 4.78 is 10.2. The molecular formula is C16H18O4. The third-order valence-corrected chi connectivity index (χ3v) is 3.45. The van der Waals surface area contributed by atoms with Crippen molar-refractivity contribution in [2.45, 2.75) is 25.4 Å². The molecular weight excluding hydrogens is 256 g/mol. The van der Waals surface area contributed by atoms with Crippen molar-refractivity contribution in [2.24, 2.45) is 0 Å². The first-order chi connectivity index (χ1) is 9.59. The van der Waals surface area contributed by atoms with E-state index in [-0.39, 0.29) is 11.8 Å². The highest BCUT2D eigenvalue weighted by molar-refractivity contribution is 6.32. The van der Waals surface area contributed by atoms with Crippen LogP contribution in [0.3, 0.4) is 0 Å². The number of hydrogen-bond acceptors (Lipinski definition) is 4. The predicted molar refractivity (Wildman–Crippen MR) is 75.0 cm³/mol. The molecule has 20 heavy (non-hydrogen) atoms. The molecule has 106 valence electrons. The predicted octanol–water partition coefficient (Wildman–Crippen LogP) is 2.38. The van der Waals surface area contributed by atoms with Gasteiger partial charge in [-0.05, 0) is 24.5 Å². The summed E-state index contributed by atoms with van der Waals surface area (Å²) in [5.74, 6) is -0.314. The van der Waals surface area contributed by atoms with E-state index < -0.39 is 5.60 Å². The summed E-state index contributed by atoms with van der Waals surface area (Å²) in [4.78, 5) is 23.0. The van der Waals surface area contributed by atoms with Crippen LogP contribution >= 0.6 is 0 Å². The Bertz CT molecular complexity index is 533. The number of ketones is 1. The standard InChI is InChI=1S/C16H18O4/c1-12(17)20-10-6-9-16(19-2)11-14(15(16)18)13-7-4-3-5-8-13/h3-5,7-8,11H,6,9-10H2,1-2H3. The van der Waals surface area contributed by atoms with Gasteiger partial charge in [0, 0.05) is 19.6 Å². The van der Waals surface area contributed by atoms with Crippen molar-refractivity contribution in [3.05, 3.63) is 42.0 Å². The van der Waals surface area contributed by atoms with Crippen LogP contribution in [0.15, 0.2) is 36.4 Å². The number of rotatable bonds is 6. The lowest BCUT2D eigenvalue weighted by Gasteiger charge is -2.36. The number of methoxy groups -OCH3 is 1. The fourth-order valence-electron chi connectivity index (χ4n) is 2.34. The molecule has 0 aromatic heterocycles. The first kappa shape index (κ1) is 14.5. The summed E-state index contributed by atoms with van der Waals surface area (Å²) in [6.45, 7) is 1.68. The Balaban J connectivity index is 2.02. The Morgan fingerprint density at radius 1 is 1.25 bits per heavy atom. The fraction of sp³-hybridized carbons (Fsp3) is 0.375. The summed E-state index contributed by atoms with van der Waals surface area (Å²) in [5, 5.41) is 0. The van der Waals surface area contributed by atoms with Crippen LogP contribution in [-0.2, 0) is 19.1 Å². The van der Waals surface area contributed by atoms with Crippen LogP contribution in [0.1, 0.15) is 25.3 Å². The summed E-state index contributed by atoms with van der Waals surface area (Å²) in [5.41, 5.74) is 0.746. The highest BCUT2D eigenvalue weighted by Gasteiger charge is 2.46. The van der Waals surface area contributed by atoms with Gasteiger partial charge in [-0.15, -0.1) is 0 Å². The number of ether oxygens (including phenoxy) is 2. The van der Waals surface area contributed by atoms with Gasteiger partial charge in [0.1, 0.15) is 5.60 Å². The quantitative estimate of drug-likeness (QED) is 0.590. The molecule has 1 aromatic carbocycles. The van der Waals surface area contributed by atoms with Crippen LogP contribution in [0, 0.1) is 0 Å². The first-order valence-electron chi connectivity index (χ1n) is 6.61. The third-order valence-electron chi connectivity index (χ3n) is 3.45. The molecule has 1 unspecified atom stereocenters. The van der Waals surface area contributed by atoms with Crippen molar-refractivity contribution >= 4 is 17.3 Å². The maximum atomic E-state index is 12.3. The Morgan fingerprint density at radius 3 is 2.50 bits per heavy atom. The van der Waals surface area contributed by atoms with E-state index in [1.807, 2.05) is 36.4 Å². The van der Waals surface area contributed by atoms with Gasteiger partial charge in [0.2, 0.25) is 0 Å². The van der Waals surface area contributed by atoms with E-state index in [0.29, 0.717) is 25.0 Å². The van der Waals surface area contributed by atoms with Crippen molar-refractivity contribution in [2.75, 3.05) is 13.7 Å². The Hall–Kier alpha value is -1.94. The molecule has 1 aliphatic carbocycles. The van der Waals surface area contributed by atoms with Gasteiger partial charge in [-0.2, -0.15) is 0 Å².